The predicted molar refractivity (Wildman–Crippen MR) is 88.2 cm³/mol. The highest BCUT2D eigenvalue weighted by atomic mass is 16.4. The number of carboxylic acid groups (broad SMARTS) is 1. The maximum atomic E-state index is 13.0. The molecule has 1 aromatic heterocycles. The number of likely N-dealkylation sites (tertiary alicyclic amines) is 1. The van der Waals surface area contributed by atoms with Crippen LogP contribution in [0.1, 0.15) is 58.8 Å². The Kier molecular flexibility index (Phi) is 4.24. The van der Waals surface area contributed by atoms with E-state index < -0.39 is 11.9 Å². The van der Waals surface area contributed by atoms with Crippen molar-refractivity contribution < 1.29 is 19.5 Å². The Morgan fingerprint density at radius 1 is 1.25 bits per heavy atom. The van der Waals surface area contributed by atoms with Crippen molar-refractivity contribution in [2.45, 2.75) is 40.0 Å². The number of Topliss-reactive ketones (excluding diaryl/α,β-unsaturated/α-hetero) is 1. The van der Waals surface area contributed by atoms with Crippen LogP contribution in [-0.4, -0.2) is 45.7 Å². The summed E-state index contributed by atoms with van der Waals surface area (Å²) in [5.74, 6) is -1.04. The molecule has 2 atom stereocenters. The number of aryl methyl sites for hydroxylation is 1. The van der Waals surface area contributed by atoms with Gasteiger partial charge in [0.15, 0.2) is 5.78 Å². The van der Waals surface area contributed by atoms with Crippen molar-refractivity contribution in [2.24, 2.45) is 17.8 Å². The Morgan fingerprint density at radius 3 is 2.42 bits per heavy atom. The lowest BCUT2D eigenvalue weighted by molar-refractivity contribution is -0.142. The third-order valence-corrected chi connectivity index (χ3v) is 5.41. The van der Waals surface area contributed by atoms with Crippen molar-refractivity contribution in [3.05, 3.63) is 22.5 Å². The molecule has 1 saturated heterocycles. The molecule has 1 amide bonds. The summed E-state index contributed by atoms with van der Waals surface area (Å²) in [5.41, 5.74) is 2.48. The van der Waals surface area contributed by atoms with Gasteiger partial charge in [0.2, 0.25) is 0 Å². The normalized spacial score (nSPS) is 23.5. The predicted octanol–water partition coefficient (Wildman–Crippen LogP) is 2.27. The number of aliphatic carboxylic acids is 1. The van der Waals surface area contributed by atoms with E-state index in [4.69, 9.17) is 0 Å². The lowest BCUT2D eigenvalue weighted by Crippen LogP contribution is -2.31. The van der Waals surface area contributed by atoms with Gasteiger partial charge in [-0.15, -0.1) is 0 Å². The first-order valence-electron chi connectivity index (χ1n) is 8.59. The Morgan fingerprint density at radius 2 is 1.92 bits per heavy atom. The van der Waals surface area contributed by atoms with Gasteiger partial charge in [0.1, 0.15) is 5.69 Å². The minimum Gasteiger partial charge on any atom is -0.481 e. The summed E-state index contributed by atoms with van der Waals surface area (Å²) in [6.07, 6.45) is 2.71. The van der Waals surface area contributed by atoms with E-state index in [1.807, 2.05) is 6.92 Å². The van der Waals surface area contributed by atoms with Gasteiger partial charge in [0, 0.05) is 24.3 Å². The van der Waals surface area contributed by atoms with E-state index in [0.29, 0.717) is 35.8 Å². The zero-order valence-electron chi connectivity index (χ0n) is 14.4. The molecule has 1 aromatic rings. The van der Waals surface area contributed by atoms with E-state index in [1.54, 1.807) is 11.8 Å². The van der Waals surface area contributed by atoms with Crippen LogP contribution >= 0.6 is 0 Å². The van der Waals surface area contributed by atoms with E-state index in [0.717, 1.165) is 18.4 Å². The van der Waals surface area contributed by atoms with Crippen LogP contribution in [0.3, 0.4) is 0 Å². The van der Waals surface area contributed by atoms with Gasteiger partial charge in [-0.1, -0.05) is 6.92 Å². The molecule has 2 N–H and O–H groups in total. The fraction of sp³-hybridized carbons (Fsp3) is 0.611. The van der Waals surface area contributed by atoms with Crippen LogP contribution in [0.25, 0.3) is 0 Å². The van der Waals surface area contributed by atoms with Crippen molar-refractivity contribution >= 4 is 17.7 Å². The van der Waals surface area contributed by atoms with Crippen LogP contribution in [0.4, 0.5) is 0 Å². The van der Waals surface area contributed by atoms with Crippen LogP contribution < -0.4 is 0 Å². The van der Waals surface area contributed by atoms with Gasteiger partial charge >= 0.3 is 5.97 Å². The number of carbonyl (C=O) groups is 3. The van der Waals surface area contributed by atoms with Crippen LogP contribution in [0.5, 0.6) is 0 Å². The molecular formula is C18H24N2O4. The number of amides is 1. The fourth-order valence-corrected chi connectivity index (χ4v) is 4.11. The maximum absolute atomic E-state index is 13.0. The molecule has 0 aromatic carbocycles. The van der Waals surface area contributed by atoms with Gasteiger partial charge in [-0.3, -0.25) is 14.4 Å². The SMILES string of the molecule is CCc1c(C(=O)N2C[C@H](C(=O)O)[C@@H](C3CC3)C2)[nH]c(C)c1C(C)=O. The molecular weight excluding hydrogens is 308 g/mol. The Labute approximate surface area is 141 Å². The zero-order chi connectivity index (χ0) is 17.6. The van der Waals surface area contributed by atoms with E-state index in [2.05, 4.69) is 4.98 Å². The standard InChI is InChI=1S/C18H24N2O4/c1-4-12-15(10(3)21)9(2)19-16(12)17(22)20-7-13(11-5-6-11)14(8-20)18(23)24/h11,13-14,19H,4-8H2,1-3H3,(H,23,24)/t13-,14+/m1/s1. The van der Waals surface area contributed by atoms with E-state index in [9.17, 15) is 19.5 Å². The second-order valence-corrected chi connectivity index (χ2v) is 7.04. The number of carbonyl (C=O) groups excluding carboxylic acids is 2. The molecule has 3 rings (SSSR count). The van der Waals surface area contributed by atoms with E-state index in [1.165, 1.54) is 6.92 Å². The second kappa shape index (κ2) is 6.07. The van der Waals surface area contributed by atoms with Crippen molar-refractivity contribution in [2.75, 3.05) is 13.1 Å². The van der Waals surface area contributed by atoms with Crippen LogP contribution in [0.15, 0.2) is 0 Å². The minimum atomic E-state index is -0.815. The Balaban J connectivity index is 1.88. The van der Waals surface area contributed by atoms with Crippen LogP contribution in [0.2, 0.25) is 0 Å². The zero-order valence-corrected chi connectivity index (χ0v) is 14.4. The molecule has 6 heteroatoms. The molecule has 24 heavy (non-hydrogen) atoms. The van der Waals surface area contributed by atoms with Gasteiger partial charge in [-0.2, -0.15) is 0 Å². The summed E-state index contributed by atoms with van der Waals surface area (Å²) in [5, 5.41) is 9.46. The van der Waals surface area contributed by atoms with Gasteiger partial charge in [0.25, 0.3) is 5.91 Å². The number of ketones is 1. The third-order valence-electron chi connectivity index (χ3n) is 5.41. The number of nitrogens with one attached hydrogen (secondary N) is 1. The topological polar surface area (TPSA) is 90.5 Å². The molecule has 0 spiro atoms. The van der Waals surface area contributed by atoms with E-state index >= 15 is 0 Å². The number of rotatable bonds is 5. The van der Waals surface area contributed by atoms with Gasteiger partial charge in [-0.05, 0) is 50.5 Å². The highest BCUT2D eigenvalue weighted by Crippen LogP contribution is 2.44. The Hall–Kier alpha value is -2.11. The molecule has 2 heterocycles. The second-order valence-electron chi connectivity index (χ2n) is 7.04. The third kappa shape index (κ3) is 2.74. The number of hydrogen-bond acceptors (Lipinski definition) is 3. The number of H-pyrrole nitrogens is 1. The van der Waals surface area contributed by atoms with Gasteiger partial charge in [0.05, 0.1) is 5.92 Å². The summed E-state index contributed by atoms with van der Waals surface area (Å²) in [6.45, 7) is 5.97. The maximum Gasteiger partial charge on any atom is 0.308 e. The molecule has 0 unspecified atom stereocenters. The lowest BCUT2D eigenvalue weighted by Gasteiger charge is -2.16. The summed E-state index contributed by atoms with van der Waals surface area (Å²) in [6, 6.07) is 0. The van der Waals surface area contributed by atoms with Gasteiger partial charge < -0.3 is 15.0 Å². The minimum absolute atomic E-state index is 0.0552. The summed E-state index contributed by atoms with van der Waals surface area (Å²) >= 11 is 0. The smallest absolute Gasteiger partial charge is 0.308 e. The quantitative estimate of drug-likeness (QED) is 0.809. The Bertz CT molecular complexity index is 702. The molecule has 2 fully saturated rings. The number of carboxylic acids is 1. The molecule has 6 nitrogen and oxygen atoms in total. The molecule has 0 radical (unpaired) electrons. The number of nitrogens with zero attached hydrogens (tertiary/aromatic N) is 1. The van der Waals surface area contributed by atoms with E-state index in [-0.39, 0.29) is 24.2 Å². The first kappa shape index (κ1) is 16.7. The van der Waals surface area contributed by atoms with Crippen molar-refractivity contribution in [1.29, 1.82) is 0 Å². The van der Waals surface area contributed by atoms with Crippen molar-refractivity contribution in [3.8, 4) is 0 Å². The number of aromatic nitrogens is 1. The summed E-state index contributed by atoms with van der Waals surface area (Å²) in [4.78, 5) is 41.1. The van der Waals surface area contributed by atoms with Crippen LogP contribution in [0, 0.1) is 24.7 Å². The van der Waals surface area contributed by atoms with Crippen molar-refractivity contribution in [1.82, 2.24) is 9.88 Å². The highest BCUT2D eigenvalue weighted by Gasteiger charge is 2.47. The van der Waals surface area contributed by atoms with Gasteiger partial charge in [-0.25, -0.2) is 0 Å². The monoisotopic (exact) mass is 332 g/mol. The molecule has 2 aliphatic rings. The van der Waals surface area contributed by atoms with Crippen LogP contribution in [-0.2, 0) is 11.2 Å². The fourth-order valence-electron chi connectivity index (χ4n) is 4.11. The average Bonchev–Trinajstić information content (AvgIpc) is 3.17. The largest absolute Gasteiger partial charge is 0.481 e. The lowest BCUT2D eigenvalue weighted by atomic mass is 9.92. The molecule has 130 valence electrons. The summed E-state index contributed by atoms with van der Waals surface area (Å²) < 4.78 is 0. The molecule has 1 saturated carbocycles. The highest BCUT2D eigenvalue weighted by molar-refractivity contribution is 6.02. The number of hydrogen-bond donors (Lipinski definition) is 2. The molecule has 1 aliphatic heterocycles. The number of aromatic amines is 1. The average molecular weight is 332 g/mol. The van der Waals surface area contributed by atoms with Crippen molar-refractivity contribution in [3.63, 3.8) is 0 Å². The first-order valence-corrected chi connectivity index (χ1v) is 8.59. The molecule has 0 bridgehead atoms. The molecule has 1 aliphatic carbocycles. The summed E-state index contributed by atoms with van der Waals surface area (Å²) in [7, 11) is 0. The first-order chi connectivity index (χ1) is 11.3.